The van der Waals surface area contributed by atoms with Crippen molar-refractivity contribution in [3.05, 3.63) is 48.9 Å². The molecule has 40 heavy (non-hydrogen) atoms. The second-order valence-corrected chi connectivity index (χ2v) is 12.2. The van der Waals surface area contributed by atoms with E-state index in [-0.39, 0.29) is 18.5 Å². The molecular weight excluding hydrogens is 540 g/mol. The van der Waals surface area contributed by atoms with Gasteiger partial charge in [0.15, 0.2) is 11.3 Å². The molecule has 0 aliphatic heterocycles. The van der Waals surface area contributed by atoms with Crippen LogP contribution in [0.2, 0.25) is 0 Å². The number of pyridine rings is 1. The van der Waals surface area contributed by atoms with Crippen LogP contribution in [0.5, 0.6) is 5.75 Å². The molecule has 218 valence electrons. The van der Waals surface area contributed by atoms with Crippen molar-refractivity contribution < 1.29 is 32.6 Å². The summed E-state index contributed by atoms with van der Waals surface area (Å²) in [6.45, 7) is 7.69. The molecule has 4 rings (SSSR count). The third-order valence-electron chi connectivity index (χ3n) is 7.23. The number of imidazole rings is 1. The lowest BCUT2D eigenvalue weighted by Gasteiger charge is -2.28. The molecule has 1 aliphatic rings. The average molecular weight is 578 g/mol. The summed E-state index contributed by atoms with van der Waals surface area (Å²) in [5.74, 6) is -1.66. The molecule has 1 fully saturated rings. The van der Waals surface area contributed by atoms with Crippen LogP contribution in [0.3, 0.4) is 0 Å². The first-order chi connectivity index (χ1) is 18.9. The van der Waals surface area contributed by atoms with Gasteiger partial charge < -0.3 is 24.3 Å². The smallest absolute Gasteiger partial charge is 0.459 e. The largest absolute Gasteiger partial charge is 0.462 e. The van der Waals surface area contributed by atoms with Gasteiger partial charge in [-0.25, -0.2) is 18.9 Å². The lowest BCUT2D eigenvalue weighted by Crippen LogP contribution is -2.39. The first kappa shape index (κ1) is 29.9. The summed E-state index contributed by atoms with van der Waals surface area (Å²) in [4.78, 5) is 21.3. The Labute approximate surface area is 233 Å². The summed E-state index contributed by atoms with van der Waals surface area (Å²) >= 11 is 0. The van der Waals surface area contributed by atoms with Gasteiger partial charge in [0.05, 0.1) is 36.9 Å². The quantitative estimate of drug-likeness (QED) is 0.221. The van der Waals surface area contributed by atoms with Crippen molar-refractivity contribution in [2.45, 2.75) is 64.6 Å². The molecular formula is C27H37FN5O6P. The molecule has 3 aromatic rings. The highest BCUT2D eigenvalue weighted by atomic mass is 31.2. The molecule has 0 radical (unpaired) electrons. The van der Waals surface area contributed by atoms with Crippen LogP contribution in [0.15, 0.2) is 48.9 Å². The number of halogens is 1. The van der Waals surface area contributed by atoms with Gasteiger partial charge in [-0.3, -0.25) is 9.32 Å². The van der Waals surface area contributed by atoms with Crippen molar-refractivity contribution in [1.82, 2.24) is 19.6 Å². The van der Waals surface area contributed by atoms with Crippen LogP contribution in [0, 0.1) is 11.8 Å². The van der Waals surface area contributed by atoms with E-state index in [1.807, 2.05) is 0 Å². The maximum Gasteiger partial charge on any atom is 0.459 e. The molecule has 3 N–H and O–H groups in total. The zero-order chi connectivity index (χ0) is 29.2. The summed E-state index contributed by atoms with van der Waals surface area (Å²) in [5, 5.41) is 16.8. The molecule has 0 amide bonds. The first-order valence-electron chi connectivity index (χ1n) is 13.2. The van der Waals surface area contributed by atoms with Crippen LogP contribution in [0.1, 0.15) is 40.7 Å². The number of carbonyl (C=O) groups excluding carboxylic acids is 1. The van der Waals surface area contributed by atoms with E-state index >= 15 is 4.39 Å². The number of nitrogens with one attached hydrogen (secondary N) is 2. The number of ether oxygens (including phenoxy) is 1. The van der Waals surface area contributed by atoms with Gasteiger partial charge in [-0.05, 0) is 51.8 Å². The minimum Gasteiger partial charge on any atom is -0.462 e. The summed E-state index contributed by atoms with van der Waals surface area (Å²) in [6.07, 6.45) is 1.28. The number of aromatic nitrogens is 3. The number of nitrogens with zero attached hydrogens (tertiary/aromatic N) is 3. The van der Waals surface area contributed by atoms with Crippen LogP contribution in [0.25, 0.3) is 11.2 Å². The monoisotopic (exact) mass is 577 g/mol. The highest BCUT2D eigenvalue weighted by Crippen LogP contribution is 2.53. The number of para-hydroxylation sites is 1. The van der Waals surface area contributed by atoms with Crippen molar-refractivity contribution in [3.8, 4) is 5.75 Å². The van der Waals surface area contributed by atoms with E-state index in [1.54, 1.807) is 75.0 Å². The number of hydrogen-bond acceptors (Lipinski definition) is 9. The Hall–Kier alpha value is -3.05. The number of anilines is 1. The number of aliphatic hydroxyl groups is 1. The third-order valence-corrected chi connectivity index (χ3v) is 8.87. The Bertz CT molecular complexity index is 1370. The number of alkyl halides is 1. The minimum absolute atomic E-state index is 0.243. The number of esters is 1. The lowest BCUT2D eigenvalue weighted by molar-refractivity contribution is -0.149. The van der Waals surface area contributed by atoms with E-state index < -0.39 is 49.4 Å². The van der Waals surface area contributed by atoms with Gasteiger partial charge in [0.2, 0.25) is 0 Å². The second kappa shape index (κ2) is 11.8. The van der Waals surface area contributed by atoms with E-state index in [0.717, 1.165) is 5.69 Å². The fraction of sp³-hybridized carbons (Fsp3) is 0.519. The van der Waals surface area contributed by atoms with Crippen LogP contribution in [-0.2, 0) is 18.6 Å². The normalized spacial score (nSPS) is 26.9. The number of benzene rings is 1. The highest BCUT2D eigenvalue weighted by Gasteiger charge is 2.58. The van der Waals surface area contributed by atoms with Gasteiger partial charge in [-0.1, -0.05) is 25.1 Å². The van der Waals surface area contributed by atoms with Crippen molar-refractivity contribution in [3.63, 3.8) is 0 Å². The molecule has 0 saturated heterocycles. The minimum atomic E-state index is -4.20. The van der Waals surface area contributed by atoms with E-state index in [2.05, 4.69) is 20.4 Å². The van der Waals surface area contributed by atoms with Gasteiger partial charge in [-0.15, -0.1) is 0 Å². The Kier molecular flexibility index (Phi) is 8.84. The summed E-state index contributed by atoms with van der Waals surface area (Å²) in [6, 6.07) is 8.23. The van der Waals surface area contributed by atoms with Crippen LogP contribution < -0.4 is 14.9 Å². The highest BCUT2D eigenvalue weighted by molar-refractivity contribution is 7.52. The molecule has 2 aromatic heterocycles. The standard InChI is InChI=1S/C27H37FN5O6P/c1-16(2)38-26(35)18(4)32-40(36,39-19-10-8-7-9-11-19)37-14-20-17(3)23(27(5,28)24(20)34)33-15-31-22-21(29-6)12-13-30-25(22)33/h7-13,15-18,20,23-24,34H,14H2,1-6H3,(H,29,30)(H,32,36)/t17?,18-,20?,23+,24+,27-,40?/m0/s1. The third kappa shape index (κ3) is 6.00. The van der Waals surface area contributed by atoms with Gasteiger partial charge >= 0.3 is 13.7 Å². The molecule has 1 aliphatic carbocycles. The molecule has 2 heterocycles. The first-order valence-corrected chi connectivity index (χ1v) is 14.8. The molecule has 13 heteroatoms. The second-order valence-electron chi connectivity index (χ2n) is 10.5. The number of aliphatic hydroxyl groups excluding tert-OH is 1. The Balaban J connectivity index is 1.59. The molecule has 7 atom stereocenters. The Morgan fingerprint density at radius 1 is 1.23 bits per heavy atom. The number of carbonyl (C=O) groups is 1. The molecule has 1 aromatic carbocycles. The predicted molar refractivity (Wildman–Crippen MR) is 149 cm³/mol. The Morgan fingerprint density at radius 3 is 2.58 bits per heavy atom. The van der Waals surface area contributed by atoms with Crippen LogP contribution in [0.4, 0.5) is 10.1 Å². The molecule has 3 unspecified atom stereocenters. The Morgan fingerprint density at radius 2 is 1.93 bits per heavy atom. The fourth-order valence-electron chi connectivity index (χ4n) is 5.26. The van der Waals surface area contributed by atoms with E-state index in [1.165, 1.54) is 20.2 Å². The molecule has 11 nitrogen and oxygen atoms in total. The summed E-state index contributed by atoms with van der Waals surface area (Å²) in [5.41, 5.74) is -0.302. The zero-order valence-corrected chi connectivity index (χ0v) is 24.3. The number of rotatable bonds is 11. The van der Waals surface area contributed by atoms with Crippen molar-refractivity contribution in [1.29, 1.82) is 0 Å². The summed E-state index contributed by atoms with van der Waals surface area (Å²) in [7, 11) is -2.44. The maximum atomic E-state index is 16.3. The van der Waals surface area contributed by atoms with E-state index in [4.69, 9.17) is 13.8 Å². The lowest BCUT2D eigenvalue weighted by atomic mass is 9.95. The predicted octanol–water partition coefficient (Wildman–Crippen LogP) is 4.50. The van der Waals surface area contributed by atoms with Crippen LogP contribution in [-0.4, -0.2) is 63.2 Å². The van der Waals surface area contributed by atoms with Crippen molar-refractivity contribution >= 4 is 30.6 Å². The number of hydrogen-bond donors (Lipinski definition) is 3. The van der Waals surface area contributed by atoms with Gasteiger partial charge in [0.25, 0.3) is 0 Å². The molecule has 0 spiro atoms. The SMILES string of the molecule is CNc1ccnc2c1ncn2[C@@H]1C(C)C(COP(=O)(N[C@@H](C)C(=O)OC(C)C)Oc2ccccc2)[C@@H](O)[C@@]1(C)F. The van der Waals surface area contributed by atoms with Gasteiger partial charge in [0.1, 0.15) is 17.3 Å². The maximum absolute atomic E-state index is 16.3. The van der Waals surface area contributed by atoms with Crippen LogP contribution >= 0.6 is 7.75 Å². The molecule has 1 saturated carbocycles. The number of fused-ring (bicyclic) bond motifs is 1. The van der Waals surface area contributed by atoms with E-state index in [9.17, 15) is 14.5 Å². The van der Waals surface area contributed by atoms with E-state index in [0.29, 0.717) is 11.2 Å². The van der Waals surface area contributed by atoms with Gasteiger partial charge in [0, 0.05) is 19.2 Å². The molecule has 0 bridgehead atoms. The fourth-order valence-corrected chi connectivity index (χ4v) is 6.78. The van der Waals surface area contributed by atoms with Crippen molar-refractivity contribution in [2.24, 2.45) is 11.8 Å². The summed E-state index contributed by atoms with van der Waals surface area (Å²) < 4.78 is 48.5. The topological polar surface area (TPSA) is 137 Å². The zero-order valence-electron chi connectivity index (χ0n) is 23.4. The van der Waals surface area contributed by atoms with Crippen molar-refractivity contribution in [2.75, 3.05) is 19.0 Å². The van der Waals surface area contributed by atoms with Gasteiger partial charge in [-0.2, -0.15) is 5.09 Å². The average Bonchev–Trinajstić information content (AvgIpc) is 3.38.